The minimum atomic E-state index is -0.406. The molecule has 0 radical (unpaired) electrons. The maximum atomic E-state index is 13.0. The largest absolute Gasteiger partial charge is 0.322 e. The number of amides is 2. The first-order chi connectivity index (χ1) is 13.5. The molecule has 0 saturated heterocycles. The number of aryl methyl sites for hydroxylation is 1. The monoisotopic (exact) mass is 375 g/mol. The lowest BCUT2D eigenvalue weighted by Crippen LogP contribution is -2.13. The summed E-state index contributed by atoms with van der Waals surface area (Å²) in [5.74, 6) is -1.07. The molecule has 0 unspecified atom stereocenters. The van der Waals surface area contributed by atoms with Crippen LogP contribution in [0.1, 0.15) is 21.5 Å². The van der Waals surface area contributed by atoms with E-state index in [1.54, 1.807) is 42.7 Å². The van der Waals surface area contributed by atoms with Crippen LogP contribution in [0.3, 0.4) is 0 Å². The molecule has 28 heavy (non-hydrogen) atoms. The maximum absolute atomic E-state index is 13.0. The first-order valence-electron chi connectivity index (χ1n) is 8.58. The highest BCUT2D eigenvalue weighted by Crippen LogP contribution is 2.21. The van der Waals surface area contributed by atoms with Crippen molar-refractivity contribution in [1.29, 1.82) is 0 Å². The van der Waals surface area contributed by atoms with Gasteiger partial charge in [0.25, 0.3) is 5.91 Å². The lowest BCUT2D eigenvalue weighted by Gasteiger charge is -2.11. The van der Waals surface area contributed by atoms with E-state index in [4.69, 9.17) is 0 Å². The molecule has 3 aromatic rings. The van der Waals surface area contributed by atoms with Gasteiger partial charge in [-0.2, -0.15) is 0 Å². The maximum Gasteiger partial charge on any atom is 0.255 e. The Balaban J connectivity index is 1.69. The fraction of sp³-hybridized carbons (Fsp3) is 0.0455. The summed E-state index contributed by atoms with van der Waals surface area (Å²) in [4.78, 5) is 28.4. The Morgan fingerprint density at radius 1 is 1.04 bits per heavy atom. The predicted octanol–water partition coefficient (Wildman–Crippen LogP) is 4.43. The van der Waals surface area contributed by atoms with Gasteiger partial charge in [0.1, 0.15) is 5.82 Å². The van der Waals surface area contributed by atoms with Crippen molar-refractivity contribution in [1.82, 2.24) is 4.98 Å². The van der Waals surface area contributed by atoms with E-state index in [1.807, 2.05) is 13.0 Å². The van der Waals surface area contributed by atoms with Gasteiger partial charge in [0, 0.05) is 35.4 Å². The van der Waals surface area contributed by atoms with Crippen LogP contribution >= 0.6 is 0 Å². The van der Waals surface area contributed by atoms with Gasteiger partial charge in [-0.1, -0.05) is 12.1 Å². The quantitative estimate of drug-likeness (QED) is 0.648. The molecule has 5 nitrogen and oxygen atoms in total. The van der Waals surface area contributed by atoms with Gasteiger partial charge < -0.3 is 10.6 Å². The molecule has 2 aromatic carbocycles. The first-order valence-corrected chi connectivity index (χ1v) is 8.58. The molecule has 0 spiro atoms. The average molecular weight is 375 g/mol. The number of aromatic nitrogens is 1. The van der Waals surface area contributed by atoms with Gasteiger partial charge in [0.05, 0.1) is 0 Å². The van der Waals surface area contributed by atoms with Crippen molar-refractivity contribution in [3.8, 4) is 0 Å². The SMILES string of the molecule is Cc1ccc(NC(=O)c2ccc(F)cc2)cc1NC(=O)C=Cc1cccnc1. The number of nitrogens with one attached hydrogen (secondary N) is 2. The highest BCUT2D eigenvalue weighted by atomic mass is 19.1. The summed E-state index contributed by atoms with van der Waals surface area (Å²) in [6, 6.07) is 14.1. The van der Waals surface area contributed by atoms with Crippen LogP contribution in [0.2, 0.25) is 0 Å². The third-order valence-corrected chi connectivity index (χ3v) is 3.97. The van der Waals surface area contributed by atoms with Gasteiger partial charge in [0.15, 0.2) is 0 Å². The van der Waals surface area contributed by atoms with Crippen molar-refractivity contribution >= 4 is 29.3 Å². The summed E-state index contributed by atoms with van der Waals surface area (Å²) in [5, 5.41) is 5.53. The van der Waals surface area contributed by atoms with Crippen LogP contribution < -0.4 is 10.6 Å². The highest BCUT2D eigenvalue weighted by Gasteiger charge is 2.08. The Labute approximate surface area is 161 Å². The summed E-state index contributed by atoms with van der Waals surface area (Å²) in [5.41, 5.74) is 3.11. The van der Waals surface area contributed by atoms with E-state index in [2.05, 4.69) is 15.6 Å². The molecule has 0 atom stereocenters. The number of anilines is 2. The van der Waals surface area contributed by atoms with E-state index < -0.39 is 5.82 Å². The van der Waals surface area contributed by atoms with Crippen molar-refractivity contribution in [3.63, 3.8) is 0 Å². The average Bonchev–Trinajstić information content (AvgIpc) is 2.70. The summed E-state index contributed by atoms with van der Waals surface area (Å²) in [6.45, 7) is 1.85. The van der Waals surface area contributed by atoms with Crippen molar-refractivity contribution in [2.45, 2.75) is 6.92 Å². The molecule has 3 rings (SSSR count). The number of rotatable bonds is 5. The summed E-state index contributed by atoms with van der Waals surface area (Å²) < 4.78 is 13.0. The molecule has 1 heterocycles. The summed E-state index contributed by atoms with van der Waals surface area (Å²) >= 11 is 0. The van der Waals surface area contributed by atoms with Crippen LogP contribution in [0, 0.1) is 12.7 Å². The van der Waals surface area contributed by atoms with E-state index in [9.17, 15) is 14.0 Å². The van der Waals surface area contributed by atoms with Crippen molar-refractivity contribution in [2.24, 2.45) is 0 Å². The molecule has 0 saturated carbocycles. The molecular formula is C22H18FN3O2. The number of benzene rings is 2. The molecule has 0 fully saturated rings. The van der Waals surface area contributed by atoms with Gasteiger partial charge in [-0.15, -0.1) is 0 Å². The van der Waals surface area contributed by atoms with Crippen LogP contribution in [0.15, 0.2) is 73.1 Å². The number of carbonyl (C=O) groups excluding carboxylic acids is 2. The van der Waals surface area contributed by atoms with Crippen LogP contribution in [0.4, 0.5) is 15.8 Å². The zero-order chi connectivity index (χ0) is 19.9. The third kappa shape index (κ3) is 5.11. The van der Waals surface area contributed by atoms with E-state index in [1.165, 1.54) is 30.3 Å². The van der Waals surface area contributed by atoms with Crippen LogP contribution in [-0.2, 0) is 4.79 Å². The number of hydrogen-bond acceptors (Lipinski definition) is 3. The number of nitrogens with zero attached hydrogens (tertiary/aromatic N) is 1. The van der Waals surface area contributed by atoms with E-state index >= 15 is 0 Å². The standard InChI is InChI=1S/C22H18FN3O2/c1-15-4-10-19(25-22(28)17-6-8-18(23)9-7-17)13-20(15)26-21(27)11-5-16-3-2-12-24-14-16/h2-14H,1H3,(H,25,28)(H,26,27). The molecule has 0 bridgehead atoms. The second-order valence-electron chi connectivity index (χ2n) is 6.10. The zero-order valence-electron chi connectivity index (χ0n) is 15.1. The molecule has 1 aromatic heterocycles. The number of halogens is 1. The molecular weight excluding hydrogens is 357 g/mol. The molecule has 0 aliphatic rings. The Hall–Kier alpha value is -3.80. The molecule has 0 aliphatic heterocycles. The fourth-order valence-electron chi connectivity index (χ4n) is 2.46. The summed E-state index contributed by atoms with van der Waals surface area (Å²) in [7, 11) is 0. The normalized spacial score (nSPS) is 10.6. The van der Waals surface area contributed by atoms with Crippen LogP contribution in [-0.4, -0.2) is 16.8 Å². The smallest absolute Gasteiger partial charge is 0.255 e. The fourth-order valence-corrected chi connectivity index (χ4v) is 2.46. The van der Waals surface area contributed by atoms with Crippen molar-refractivity contribution in [2.75, 3.05) is 10.6 Å². The Kier molecular flexibility index (Phi) is 5.91. The Bertz CT molecular complexity index is 1020. The van der Waals surface area contributed by atoms with Crippen molar-refractivity contribution in [3.05, 3.63) is 95.6 Å². The molecule has 0 aliphatic carbocycles. The Morgan fingerprint density at radius 2 is 1.82 bits per heavy atom. The van der Waals surface area contributed by atoms with Crippen molar-refractivity contribution < 1.29 is 14.0 Å². The minimum Gasteiger partial charge on any atom is -0.322 e. The van der Waals surface area contributed by atoms with E-state index in [0.717, 1.165) is 11.1 Å². The Morgan fingerprint density at radius 3 is 2.54 bits per heavy atom. The van der Waals surface area contributed by atoms with Gasteiger partial charge in [-0.05, 0) is 66.6 Å². The third-order valence-electron chi connectivity index (χ3n) is 3.97. The lowest BCUT2D eigenvalue weighted by atomic mass is 10.1. The highest BCUT2D eigenvalue weighted by molar-refractivity contribution is 6.05. The predicted molar refractivity (Wildman–Crippen MR) is 107 cm³/mol. The first kappa shape index (κ1) is 19.0. The zero-order valence-corrected chi connectivity index (χ0v) is 15.1. The van der Waals surface area contributed by atoms with Crippen LogP contribution in [0.5, 0.6) is 0 Å². The number of carbonyl (C=O) groups is 2. The second kappa shape index (κ2) is 8.73. The topological polar surface area (TPSA) is 71.1 Å². The lowest BCUT2D eigenvalue weighted by molar-refractivity contribution is -0.111. The van der Waals surface area contributed by atoms with Gasteiger partial charge in [-0.3, -0.25) is 14.6 Å². The summed E-state index contributed by atoms with van der Waals surface area (Å²) in [6.07, 6.45) is 6.39. The van der Waals surface area contributed by atoms with E-state index in [0.29, 0.717) is 16.9 Å². The van der Waals surface area contributed by atoms with Gasteiger partial charge in [0.2, 0.25) is 5.91 Å². The number of pyridine rings is 1. The van der Waals surface area contributed by atoms with E-state index in [-0.39, 0.29) is 11.8 Å². The molecule has 2 amide bonds. The van der Waals surface area contributed by atoms with Gasteiger partial charge >= 0.3 is 0 Å². The molecule has 6 heteroatoms. The van der Waals surface area contributed by atoms with Gasteiger partial charge in [-0.25, -0.2) is 4.39 Å². The molecule has 140 valence electrons. The number of hydrogen-bond donors (Lipinski definition) is 2. The van der Waals surface area contributed by atoms with Crippen LogP contribution in [0.25, 0.3) is 6.08 Å². The minimum absolute atomic E-state index is 0.297. The second-order valence-corrected chi connectivity index (χ2v) is 6.10. The molecule has 2 N–H and O–H groups in total.